The minimum atomic E-state index is -4.26. The van der Waals surface area contributed by atoms with Crippen LogP contribution in [0.3, 0.4) is 0 Å². The standard InChI is InChI=1S/C19H31N4O6P/c1-5-18(3,29-30(26,27)19(4,25)6-2)11-12-7-8-14(28-12)23-10-9-13-15(23)21-17(20)22-16(13)24/h9-10,12,14,25H,5-8,11H2,1-4H3,(H,26,27)(H3,20,21,22,24)/t12?,14-,18?,19?/m1/s1. The molecule has 0 radical (unpaired) electrons. The van der Waals surface area contributed by atoms with Crippen molar-refractivity contribution in [2.45, 2.75) is 83.1 Å². The molecule has 1 saturated heterocycles. The van der Waals surface area contributed by atoms with E-state index in [4.69, 9.17) is 15.0 Å². The van der Waals surface area contributed by atoms with Crippen molar-refractivity contribution >= 4 is 24.6 Å². The van der Waals surface area contributed by atoms with Crippen molar-refractivity contribution in [2.75, 3.05) is 5.73 Å². The maximum Gasteiger partial charge on any atom is 0.359 e. The molecule has 168 valence electrons. The van der Waals surface area contributed by atoms with Crippen LogP contribution < -0.4 is 11.3 Å². The summed E-state index contributed by atoms with van der Waals surface area (Å²) >= 11 is 0. The van der Waals surface area contributed by atoms with E-state index in [1.807, 2.05) is 6.92 Å². The Balaban J connectivity index is 1.75. The van der Waals surface area contributed by atoms with Gasteiger partial charge >= 0.3 is 7.60 Å². The second-order valence-corrected chi connectivity index (χ2v) is 10.6. The first-order chi connectivity index (χ1) is 13.9. The van der Waals surface area contributed by atoms with E-state index in [1.165, 1.54) is 6.92 Å². The molecule has 5 N–H and O–H groups in total. The third-order valence-electron chi connectivity index (χ3n) is 6.03. The highest BCUT2D eigenvalue weighted by molar-refractivity contribution is 7.54. The number of fused-ring (bicyclic) bond motifs is 1. The molecule has 30 heavy (non-hydrogen) atoms. The van der Waals surface area contributed by atoms with E-state index in [9.17, 15) is 19.4 Å². The van der Waals surface area contributed by atoms with Crippen LogP contribution >= 0.6 is 7.60 Å². The number of nitrogens with two attached hydrogens (primary N) is 1. The number of nitrogen functional groups attached to an aromatic ring is 1. The SMILES string of the molecule is CCC(C)(CC1CC[C@H](n2ccc3c(=O)[nH]c(N)nc32)O1)OP(=O)(O)C(C)(O)CC. The highest BCUT2D eigenvalue weighted by Gasteiger charge is 2.47. The Labute approximate surface area is 174 Å². The van der Waals surface area contributed by atoms with Crippen LogP contribution in [0.4, 0.5) is 5.95 Å². The molecule has 11 heteroatoms. The van der Waals surface area contributed by atoms with Crippen LogP contribution in [0, 0.1) is 0 Å². The minimum absolute atomic E-state index is 0.0376. The van der Waals surface area contributed by atoms with Gasteiger partial charge in [0.2, 0.25) is 5.95 Å². The molecule has 5 atom stereocenters. The van der Waals surface area contributed by atoms with Crippen molar-refractivity contribution < 1.29 is 23.8 Å². The predicted molar refractivity (Wildman–Crippen MR) is 113 cm³/mol. The number of hydrogen-bond donors (Lipinski definition) is 4. The topological polar surface area (TPSA) is 153 Å². The fourth-order valence-corrected chi connectivity index (χ4v) is 5.06. The Hall–Kier alpha value is -1.71. The lowest BCUT2D eigenvalue weighted by atomic mass is 9.94. The second-order valence-electron chi connectivity index (χ2n) is 8.39. The zero-order valence-electron chi connectivity index (χ0n) is 17.8. The van der Waals surface area contributed by atoms with Crippen molar-refractivity contribution in [3.8, 4) is 0 Å². The summed E-state index contributed by atoms with van der Waals surface area (Å²) in [6, 6.07) is 1.67. The fourth-order valence-electron chi connectivity index (χ4n) is 3.66. The van der Waals surface area contributed by atoms with Crippen LogP contribution in [0.5, 0.6) is 0 Å². The molecule has 0 aliphatic carbocycles. The van der Waals surface area contributed by atoms with E-state index < -0.39 is 18.5 Å². The summed E-state index contributed by atoms with van der Waals surface area (Å²) in [4.78, 5) is 29.1. The minimum Gasteiger partial charge on any atom is -0.378 e. The van der Waals surface area contributed by atoms with Crippen LogP contribution in [0.25, 0.3) is 11.0 Å². The van der Waals surface area contributed by atoms with Crippen molar-refractivity contribution in [3.05, 3.63) is 22.6 Å². The summed E-state index contributed by atoms with van der Waals surface area (Å²) < 4.78 is 26.2. The molecule has 2 aromatic rings. The lowest BCUT2D eigenvalue weighted by molar-refractivity contribution is -0.0476. The number of nitrogens with one attached hydrogen (secondary N) is 1. The molecular weight excluding hydrogens is 411 g/mol. The van der Waals surface area contributed by atoms with E-state index >= 15 is 0 Å². The number of hydrogen-bond acceptors (Lipinski definition) is 7. The second kappa shape index (κ2) is 8.09. The van der Waals surface area contributed by atoms with Crippen molar-refractivity contribution in [1.82, 2.24) is 14.5 Å². The van der Waals surface area contributed by atoms with Crippen molar-refractivity contribution in [1.29, 1.82) is 0 Å². The Morgan fingerprint density at radius 2 is 2.10 bits per heavy atom. The van der Waals surface area contributed by atoms with Gasteiger partial charge in [0.05, 0.1) is 17.1 Å². The molecule has 3 heterocycles. The van der Waals surface area contributed by atoms with Gasteiger partial charge in [0.25, 0.3) is 5.56 Å². The Kier molecular flexibility index (Phi) is 6.19. The molecule has 0 bridgehead atoms. The number of ether oxygens (including phenoxy) is 1. The average molecular weight is 442 g/mol. The zero-order valence-corrected chi connectivity index (χ0v) is 18.7. The summed E-state index contributed by atoms with van der Waals surface area (Å²) in [5.41, 5.74) is 4.88. The van der Waals surface area contributed by atoms with Gasteiger partial charge in [-0.15, -0.1) is 0 Å². The number of nitrogens with zero attached hydrogens (tertiary/aromatic N) is 2. The van der Waals surface area contributed by atoms with Gasteiger partial charge in [-0.1, -0.05) is 13.8 Å². The number of rotatable bonds is 8. The normalized spacial score (nSPS) is 25.7. The van der Waals surface area contributed by atoms with E-state index in [0.717, 1.165) is 0 Å². The maximum atomic E-state index is 12.7. The van der Waals surface area contributed by atoms with Gasteiger partial charge in [0, 0.05) is 12.6 Å². The smallest absolute Gasteiger partial charge is 0.359 e. The largest absolute Gasteiger partial charge is 0.378 e. The summed E-state index contributed by atoms with van der Waals surface area (Å²) in [7, 11) is -4.26. The van der Waals surface area contributed by atoms with Gasteiger partial charge in [-0.25, -0.2) is 0 Å². The molecule has 1 fully saturated rings. The van der Waals surface area contributed by atoms with Crippen LogP contribution in [-0.2, 0) is 13.8 Å². The van der Waals surface area contributed by atoms with Crippen molar-refractivity contribution in [2.24, 2.45) is 0 Å². The van der Waals surface area contributed by atoms with Gasteiger partial charge < -0.3 is 29.6 Å². The first-order valence-corrected chi connectivity index (χ1v) is 11.8. The van der Waals surface area contributed by atoms with Gasteiger partial charge in [-0.3, -0.25) is 14.3 Å². The fraction of sp³-hybridized carbons (Fsp3) is 0.684. The Morgan fingerprint density at radius 1 is 1.40 bits per heavy atom. The first kappa shape index (κ1) is 23.0. The van der Waals surface area contributed by atoms with E-state index in [0.29, 0.717) is 36.7 Å². The van der Waals surface area contributed by atoms with E-state index in [2.05, 4.69) is 9.97 Å². The molecule has 2 aromatic heterocycles. The number of H-pyrrole nitrogens is 1. The summed E-state index contributed by atoms with van der Waals surface area (Å²) in [5, 5.41) is 8.88. The van der Waals surface area contributed by atoms with Crippen LogP contribution in [0.1, 0.15) is 66.0 Å². The van der Waals surface area contributed by atoms with Crippen LogP contribution in [0.15, 0.2) is 17.1 Å². The lowest BCUT2D eigenvalue weighted by Gasteiger charge is -2.37. The average Bonchev–Trinajstić information content (AvgIpc) is 3.27. The van der Waals surface area contributed by atoms with Crippen LogP contribution in [0.2, 0.25) is 0 Å². The number of aromatic nitrogens is 3. The molecule has 4 unspecified atom stereocenters. The molecule has 10 nitrogen and oxygen atoms in total. The lowest BCUT2D eigenvalue weighted by Crippen LogP contribution is -2.36. The first-order valence-electron chi connectivity index (χ1n) is 10.2. The highest BCUT2D eigenvalue weighted by atomic mass is 31.2. The molecular formula is C19H31N4O6P. The van der Waals surface area contributed by atoms with Crippen LogP contribution in [-0.4, -0.2) is 41.6 Å². The molecule has 0 aromatic carbocycles. The van der Waals surface area contributed by atoms with Gasteiger partial charge in [-0.2, -0.15) is 4.98 Å². The number of aliphatic hydroxyl groups is 1. The third kappa shape index (κ3) is 4.33. The molecule has 3 rings (SSSR count). The zero-order chi connectivity index (χ0) is 22.3. The maximum absolute atomic E-state index is 12.7. The summed E-state index contributed by atoms with van der Waals surface area (Å²) in [5.74, 6) is 0.0376. The summed E-state index contributed by atoms with van der Waals surface area (Å²) in [6.45, 7) is 6.56. The predicted octanol–water partition coefficient (Wildman–Crippen LogP) is 2.86. The highest BCUT2D eigenvalue weighted by Crippen LogP contribution is 2.59. The molecule has 0 saturated carbocycles. The third-order valence-corrected chi connectivity index (χ3v) is 8.25. The van der Waals surface area contributed by atoms with Gasteiger partial charge in [-0.05, 0) is 45.6 Å². The monoisotopic (exact) mass is 442 g/mol. The van der Waals surface area contributed by atoms with Gasteiger partial charge in [0.1, 0.15) is 6.23 Å². The van der Waals surface area contributed by atoms with E-state index in [-0.39, 0.29) is 30.3 Å². The van der Waals surface area contributed by atoms with Crippen molar-refractivity contribution in [3.63, 3.8) is 0 Å². The molecule has 1 aliphatic rings. The summed E-state index contributed by atoms with van der Waals surface area (Å²) in [6.07, 6.45) is 3.55. The molecule has 1 aliphatic heterocycles. The van der Waals surface area contributed by atoms with E-state index in [1.54, 1.807) is 30.7 Å². The number of anilines is 1. The number of aromatic amines is 1. The van der Waals surface area contributed by atoms with Gasteiger partial charge in [0.15, 0.2) is 11.0 Å². The molecule has 0 spiro atoms. The Bertz CT molecular complexity index is 1020. The quantitative estimate of drug-likeness (QED) is 0.455. The Morgan fingerprint density at radius 3 is 2.73 bits per heavy atom. The molecule has 0 amide bonds.